The maximum absolute atomic E-state index is 11.7. The van der Waals surface area contributed by atoms with Crippen LogP contribution in [0.2, 0.25) is 0 Å². The van der Waals surface area contributed by atoms with E-state index in [0.29, 0.717) is 17.0 Å². The molecule has 8 heteroatoms. The quantitative estimate of drug-likeness (QED) is 0.534. The Hall–Kier alpha value is -2.38. The number of hydrogen-bond donors (Lipinski definition) is 4. The summed E-state index contributed by atoms with van der Waals surface area (Å²) in [7, 11) is 0. The van der Waals surface area contributed by atoms with Crippen molar-refractivity contribution in [2.45, 2.75) is 13.8 Å². The smallest absolute Gasteiger partial charge is 0.322 e. The molecular formula is C10H14N4O4. The summed E-state index contributed by atoms with van der Waals surface area (Å²) in [6, 6.07) is 0. The number of aromatic amines is 1. The Balaban J connectivity index is 2.47. The Kier molecular flexibility index (Phi) is 4.41. The van der Waals surface area contributed by atoms with Crippen LogP contribution in [0.1, 0.15) is 21.7 Å². The highest BCUT2D eigenvalue weighted by Crippen LogP contribution is 2.08. The first-order valence-corrected chi connectivity index (χ1v) is 5.20. The number of carboxylic acid groups (broad SMARTS) is 1. The van der Waals surface area contributed by atoms with E-state index < -0.39 is 24.3 Å². The van der Waals surface area contributed by atoms with E-state index in [1.165, 1.54) is 0 Å². The van der Waals surface area contributed by atoms with Crippen LogP contribution in [0.3, 0.4) is 0 Å². The molecule has 0 radical (unpaired) electrons. The summed E-state index contributed by atoms with van der Waals surface area (Å²) >= 11 is 0. The first-order chi connectivity index (χ1) is 8.41. The second-order valence-corrected chi connectivity index (χ2v) is 3.66. The van der Waals surface area contributed by atoms with Crippen molar-refractivity contribution < 1.29 is 19.5 Å². The standard InChI is InChI=1S/C10H14N4O4/c1-5-9(6(2)14-13-5)10(18)12-3-7(15)11-4-8(16)17/h3-4H2,1-2H3,(H,11,15)(H,12,18)(H,13,14)(H,16,17). The molecule has 0 aliphatic carbocycles. The van der Waals surface area contributed by atoms with Crippen LogP contribution in [-0.4, -0.2) is 46.2 Å². The molecule has 0 unspecified atom stereocenters. The van der Waals surface area contributed by atoms with E-state index in [-0.39, 0.29) is 6.54 Å². The number of carbonyl (C=O) groups excluding carboxylic acids is 2. The second-order valence-electron chi connectivity index (χ2n) is 3.66. The van der Waals surface area contributed by atoms with Gasteiger partial charge in [-0.25, -0.2) is 0 Å². The zero-order chi connectivity index (χ0) is 13.7. The number of nitrogens with zero attached hydrogens (tertiary/aromatic N) is 1. The number of carboxylic acids is 1. The van der Waals surface area contributed by atoms with Gasteiger partial charge in [-0.2, -0.15) is 5.10 Å². The van der Waals surface area contributed by atoms with Gasteiger partial charge in [0.05, 0.1) is 17.8 Å². The van der Waals surface area contributed by atoms with Crippen LogP contribution in [-0.2, 0) is 9.59 Å². The molecule has 98 valence electrons. The molecule has 0 bridgehead atoms. The molecule has 0 saturated heterocycles. The summed E-state index contributed by atoms with van der Waals surface area (Å²) in [5, 5.41) is 19.4. The molecule has 0 fully saturated rings. The Bertz CT molecular complexity index is 461. The van der Waals surface area contributed by atoms with Crippen molar-refractivity contribution in [3.63, 3.8) is 0 Å². The van der Waals surface area contributed by atoms with E-state index in [2.05, 4.69) is 20.8 Å². The van der Waals surface area contributed by atoms with Gasteiger partial charge in [-0.05, 0) is 13.8 Å². The van der Waals surface area contributed by atoms with Crippen molar-refractivity contribution in [1.29, 1.82) is 0 Å². The van der Waals surface area contributed by atoms with Crippen molar-refractivity contribution in [1.82, 2.24) is 20.8 Å². The van der Waals surface area contributed by atoms with Crippen LogP contribution in [0, 0.1) is 13.8 Å². The molecule has 0 spiro atoms. The zero-order valence-electron chi connectivity index (χ0n) is 10.0. The van der Waals surface area contributed by atoms with E-state index >= 15 is 0 Å². The van der Waals surface area contributed by atoms with Crippen molar-refractivity contribution in [3.05, 3.63) is 17.0 Å². The summed E-state index contributed by atoms with van der Waals surface area (Å²) in [6.07, 6.45) is 0. The third-order valence-corrected chi connectivity index (χ3v) is 2.20. The van der Waals surface area contributed by atoms with Crippen LogP contribution in [0.4, 0.5) is 0 Å². The number of rotatable bonds is 5. The lowest BCUT2D eigenvalue weighted by molar-refractivity contribution is -0.137. The molecule has 0 aliphatic rings. The topological polar surface area (TPSA) is 124 Å². The SMILES string of the molecule is Cc1n[nH]c(C)c1C(=O)NCC(=O)NCC(=O)O. The van der Waals surface area contributed by atoms with Crippen molar-refractivity contribution >= 4 is 17.8 Å². The molecule has 0 aromatic carbocycles. The molecule has 0 aliphatic heterocycles. The van der Waals surface area contributed by atoms with Crippen LogP contribution < -0.4 is 10.6 Å². The van der Waals surface area contributed by atoms with Crippen molar-refractivity contribution in [2.75, 3.05) is 13.1 Å². The second kappa shape index (κ2) is 5.80. The summed E-state index contributed by atoms with van der Waals surface area (Å²) in [4.78, 5) is 33.1. The number of aliphatic carboxylic acids is 1. The van der Waals surface area contributed by atoms with Gasteiger partial charge in [0.1, 0.15) is 6.54 Å². The molecule has 8 nitrogen and oxygen atoms in total. The lowest BCUT2D eigenvalue weighted by Crippen LogP contribution is -2.39. The first kappa shape index (κ1) is 13.7. The molecule has 4 N–H and O–H groups in total. The third kappa shape index (κ3) is 3.58. The van der Waals surface area contributed by atoms with Crippen LogP contribution in [0.15, 0.2) is 0 Å². The van der Waals surface area contributed by atoms with Crippen LogP contribution in [0.25, 0.3) is 0 Å². The number of nitrogens with one attached hydrogen (secondary N) is 3. The van der Waals surface area contributed by atoms with Gasteiger partial charge in [-0.3, -0.25) is 19.5 Å². The fourth-order valence-corrected chi connectivity index (χ4v) is 1.37. The summed E-state index contributed by atoms with van der Waals surface area (Å²) in [5.74, 6) is -2.13. The summed E-state index contributed by atoms with van der Waals surface area (Å²) < 4.78 is 0. The molecule has 1 aromatic rings. The van der Waals surface area contributed by atoms with Gasteiger partial charge in [0.2, 0.25) is 5.91 Å². The van der Waals surface area contributed by atoms with E-state index in [4.69, 9.17) is 5.11 Å². The highest BCUT2D eigenvalue weighted by atomic mass is 16.4. The third-order valence-electron chi connectivity index (χ3n) is 2.20. The fourth-order valence-electron chi connectivity index (χ4n) is 1.37. The van der Waals surface area contributed by atoms with Crippen LogP contribution >= 0.6 is 0 Å². The van der Waals surface area contributed by atoms with E-state index in [0.717, 1.165) is 0 Å². The van der Waals surface area contributed by atoms with Gasteiger partial charge in [0.15, 0.2) is 0 Å². The average Bonchev–Trinajstić information content (AvgIpc) is 2.63. The highest BCUT2D eigenvalue weighted by Gasteiger charge is 2.15. The molecule has 1 aromatic heterocycles. The van der Waals surface area contributed by atoms with Gasteiger partial charge in [-0.15, -0.1) is 0 Å². The molecule has 0 saturated carbocycles. The molecule has 0 atom stereocenters. The number of H-pyrrole nitrogens is 1. The maximum atomic E-state index is 11.7. The first-order valence-electron chi connectivity index (χ1n) is 5.20. The minimum absolute atomic E-state index is 0.282. The molecule has 1 heterocycles. The van der Waals surface area contributed by atoms with Gasteiger partial charge < -0.3 is 15.7 Å². The van der Waals surface area contributed by atoms with E-state index in [1.54, 1.807) is 13.8 Å². The molecule has 2 amide bonds. The average molecular weight is 254 g/mol. The minimum Gasteiger partial charge on any atom is -0.480 e. The number of amides is 2. The minimum atomic E-state index is -1.14. The van der Waals surface area contributed by atoms with Crippen molar-refractivity contribution in [3.8, 4) is 0 Å². The van der Waals surface area contributed by atoms with E-state index in [9.17, 15) is 14.4 Å². The van der Waals surface area contributed by atoms with Crippen LogP contribution in [0.5, 0.6) is 0 Å². The normalized spacial score (nSPS) is 9.89. The molecule has 18 heavy (non-hydrogen) atoms. The predicted molar refractivity (Wildman–Crippen MR) is 61.0 cm³/mol. The molecular weight excluding hydrogens is 240 g/mol. The predicted octanol–water partition coefficient (Wildman–Crippen LogP) is -1.04. The Morgan fingerprint density at radius 3 is 2.39 bits per heavy atom. The largest absolute Gasteiger partial charge is 0.480 e. The van der Waals surface area contributed by atoms with Gasteiger partial charge in [-0.1, -0.05) is 0 Å². The van der Waals surface area contributed by atoms with Gasteiger partial charge >= 0.3 is 5.97 Å². The Labute approximate surface area is 103 Å². The summed E-state index contributed by atoms with van der Waals surface area (Å²) in [5.41, 5.74) is 1.54. The van der Waals surface area contributed by atoms with Crippen molar-refractivity contribution in [2.24, 2.45) is 0 Å². The monoisotopic (exact) mass is 254 g/mol. The molecule has 1 rings (SSSR count). The lowest BCUT2D eigenvalue weighted by Gasteiger charge is -2.05. The van der Waals surface area contributed by atoms with Gasteiger partial charge in [0.25, 0.3) is 5.91 Å². The fraction of sp³-hybridized carbons (Fsp3) is 0.400. The highest BCUT2D eigenvalue weighted by molar-refractivity contribution is 5.98. The van der Waals surface area contributed by atoms with Gasteiger partial charge in [0, 0.05) is 5.69 Å². The Morgan fingerprint density at radius 1 is 1.22 bits per heavy atom. The van der Waals surface area contributed by atoms with E-state index in [1.807, 2.05) is 0 Å². The number of carbonyl (C=O) groups is 3. The zero-order valence-corrected chi connectivity index (χ0v) is 10.0. The Morgan fingerprint density at radius 2 is 1.89 bits per heavy atom. The maximum Gasteiger partial charge on any atom is 0.322 e. The lowest BCUT2D eigenvalue weighted by atomic mass is 10.2. The summed E-state index contributed by atoms with van der Waals surface area (Å²) in [6.45, 7) is 2.61. The number of aryl methyl sites for hydroxylation is 2. The number of aromatic nitrogens is 2. The number of hydrogen-bond acceptors (Lipinski definition) is 4.